The fourth-order valence-electron chi connectivity index (χ4n) is 3.07. The second-order valence-electron chi connectivity index (χ2n) is 5.75. The standard InChI is InChI=1S/C14H19NO.C4H4O4.H3N/c1-2-8-15-9-7-11-5-6-13-12(14(11)15)4-3-10-16-13;5-3(6)1-2-4(7)8;/h5-6H,2-4,7-10H2,1H3;1-2H,(H,5,6)(H,7,8);1H3. The number of fused-ring (bicyclic) bond motifs is 3. The number of anilines is 1. The second-order valence-corrected chi connectivity index (χ2v) is 5.75. The number of ether oxygens (including phenoxy) is 1. The summed E-state index contributed by atoms with van der Waals surface area (Å²) in [5.41, 5.74) is 4.49. The summed E-state index contributed by atoms with van der Waals surface area (Å²) in [6.07, 6.45) is 5.92. The van der Waals surface area contributed by atoms with Crippen LogP contribution in [-0.2, 0) is 22.4 Å². The number of rotatable bonds is 4. The van der Waals surface area contributed by atoms with Gasteiger partial charge in [-0.15, -0.1) is 0 Å². The fraction of sp³-hybridized carbons (Fsp3) is 0.444. The van der Waals surface area contributed by atoms with E-state index < -0.39 is 11.9 Å². The maximum atomic E-state index is 9.55. The molecular weight excluding hydrogens is 324 g/mol. The van der Waals surface area contributed by atoms with Gasteiger partial charge < -0.3 is 26.0 Å². The van der Waals surface area contributed by atoms with Gasteiger partial charge in [-0.3, -0.25) is 0 Å². The summed E-state index contributed by atoms with van der Waals surface area (Å²) in [4.78, 5) is 21.7. The van der Waals surface area contributed by atoms with E-state index in [1.54, 1.807) is 0 Å². The number of nitrogens with zero attached hydrogens (tertiary/aromatic N) is 1. The normalized spacial score (nSPS) is 14.5. The molecule has 0 bridgehead atoms. The lowest BCUT2D eigenvalue weighted by atomic mass is 10.0. The Hall–Kier alpha value is -2.54. The van der Waals surface area contributed by atoms with Crippen molar-refractivity contribution in [2.45, 2.75) is 32.6 Å². The molecule has 0 aromatic heterocycles. The van der Waals surface area contributed by atoms with Crippen molar-refractivity contribution in [3.05, 3.63) is 35.4 Å². The molecule has 0 saturated heterocycles. The van der Waals surface area contributed by atoms with E-state index >= 15 is 0 Å². The highest BCUT2D eigenvalue weighted by Gasteiger charge is 2.25. The Morgan fingerprint density at radius 2 is 1.88 bits per heavy atom. The van der Waals surface area contributed by atoms with E-state index in [0.717, 1.165) is 12.4 Å². The number of benzene rings is 1. The highest BCUT2D eigenvalue weighted by Crippen LogP contribution is 2.39. The molecule has 3 rings (SSSR count). The predicted octanol–water partition coefficient (Wildman–Crippen LogP) is 2.66. The van der Waals surface area contributed by atoms with Gasteiger partial charge in [-0.1, -0.05) is 13.0 Å². The van der Waals surface area contributed by atoms with Gasteiger partial charge in [0, 0.05) is 36.5 Å². The quantitative estimate of drug-likeness (QED) is 0.713. The number of aliphatic carboxylic acids is 2. The number of carboxylic acids is 2. The first-order valence-corrected chi connectivity index (χ1v) is 8.19. The molecule has 0 amide bonds. The van der Waals surface area contributed by atoms with Crippen molar-refractivity contribution < 1.29 is 24.5 Å². The molecule has 7 heteroatoms. The van der Waals surface area contributed by atoms with Gasteiger partial charge in [0.2, 0.25) is 0 Å². The Balaban J connectivity index is 0.000000301. The summed E-state index contributed by atoms with van der Waals surface area (Å²) in [5.74, 6) is -1.38. The van der Waals surface area contributed by atoms with Crippen LogP contribution >= 0.6 is 0 Å². The lowest BCUT2D eigenvalue weighted by Crippen LogP contribution is -2.23. The zero-order valence-corrected chi connectivity index (χ0v) is 14.5. The van der Waals surface area contributed by atoms with Gasteiger partial charge in [-0.2, -0.15) is 0 Å². The minimum Gasteiger partial charge on any atom is -0.493 e. The van der Waals surface area contributed by atoms with E-state index in [1.165, 1.54) is 55.6 Å². The Labute approximate surface area is 147 Å². The van der Waals surface area contributed by atoms with Gasteiger partial charge in [-0.05, 0) is 37.3 Å². The molecule has 25 heavy (non-hydrogen) atoms. The van der Waals surface area contributed by atoms with E-state index in [1.807, 2.05) is 0 Å². The molecule has 2 aliphatic heterocycles. The Bertz CT molecular complexity index is 625. The zero-order valence-electron chi connectivity index (χ0n) is 14.5. The molecule has 0 unspecified atom stereocenters. The van der Waals surface area contributed by atoms with Crippen molar-refractivity contribution in [2.75, 3.05) is 24.6 Å². The van der Waals surface area contributed by atoms with Crippen molar-refractivity contribution >= 4 is 17.6 Å². The predicted molar refractivity (Wildman–Crippen MR) is 95.9 cm³/mol. The van der Waals surface area contributed by atoms with Gasteiger partial charge in [0.05, 0.1) is 6.61 Å². The third-order valence-electron chi connectivity index (χ3n) is 3.98. The molecule has 0 saturated carbocycles. The lowest BCUT2D eigenvalue weighted by Gasteiger charge is -2.26. The maximum Gasteiger partial charge on any atom is 0.328 e. The van der Waals surface area contributed by atoms with E-state index in [2.05, 4.69) is 24.0 Å². The summed E-state index contributed by atoms with van der Waals surface area (Å²) in [7, 11) is 0. The molecule has 0 radical (unpaired) electrons. The molecule has 0 aliphatic carbocycles. The average molecular weight is 350 g/mol. The summed E-state index contributed by atoms with van der Waals surface area (Å²) >= 11 is 0. The van der Waals surface area contributed by atoms with Gasteiger partial charge >= 0.3 is 11.9 Å². The molecule has 0 spiro atoms. The molecule has 5 N–H and O–H groups in total. The smallest absolute Gasteiger partial charge is 0.328 e. The SMILES string of the molecule is CCCN1CCc2ccc3c(c21)CCCO3.N.O=C(O)C=CC(=O)O. The molecule has 2 heterocycles. The van der Waals surface area contributed by atoms with Crippen LogP contribution in [0.3, 0.4) is 0 Å². The van der Waals surface area contributed by atoms with Crippen LogP contribution in [0.2, 0.25) is 0 Å². The van der Waals surface area contributed by atoms with Crippen molar-refractivity contribution in [1.29, 1.82) is 0 Å². The molecule has 0 fully saturated rings. The van der Waals surface area contributed by atoms with Crippen LogP contribution in [-0.4, -0.2) is 41.8 Å². The van der Waals surface area contributed by atoms with Gasteiger partial charge in [0.15, 0.2) is 0 Å². The minimum atomic E-state index is -1.26. The molecule has 7 nitrogen and oxygen atoms in total. The molecule has 0 atom stereocenters. The third-order valence-corrected chi connectivity index (χ3v) is 3.98. The monoisotopic (exact) mass is 350 g/mol. The molecule has 1 aromatic rings. The van der Waals surface area contributed by atoms with E-state index in [4.69, 9.17) is 14.9 Å². The second kappa shape index (κ2) is 9.68. The van der Waals surface area contributed by atoms with Gasteiger partial charge in [-0.25, -0.2) is 9.59 Å². The van der Waals surface area contributed by atoms with E-state index in [9.17, 15) is 9.59 Å². The van der Waals surface area contributed by atoms with E-state index in [0.29, 0.717) is 12.2 Å². The highest BCUT2D eigenvalue weighted by molar-refractivity contribution is 5.89. The molecule has 1 aromatic carbocycles. The third kappa shape index (κ3) is 5.49. The maximum absolute atomic E-state index is 9.55. The Kier molecular flexibility index (Phi) is 7.94. The summed E-state index contributed by atoms with van der Waals surface area (Å²) < 4.78 is 5.75. The van der Waals surface area contributed by atoms with Crippen molar-refractivity contribution in [3.8, 4) is 5.75 Å². The average Bonchev–Trinajstić information content (AvgIpc) is 2.97. The number of carbonyl (C=O) groups is 2. The van der Waals surface area contributed by atoms with Crippen LogP contribution in [0.5, 0.6) is 5.75 Å². The molecular formula is C18H26N2O5. The first-order valence-electron chi connectivity index (χ1n) is 8.19. The fourth-order valence-corrected chi connectivity index (χ4v) is 3.07. The Morgan fingerprint density at radius 1 is 1.20 bits per heavy atom. The van der Waals surface area contributed by atoms with E-state index in [-0.39, 0.29) is 6.15 Å². The summed E-state index contributed by atoms with van der Waals surface area (Å²) in [5, 5.41) is 15.6. The molecule has 138 valence electrons. The van der Waals surface area contributed by atoms with Crippen molar-refractivity contribution in [1.82, 2.24) is 6.15 Å². The number of hydrogen-bond acceptors (Lipinski definition) is 5. The minimum absolute atomic E-state index is 0. The molecule has 2 aliphatic rings. The first-order chi connectivity index (χ1) is 11.5. The topological polar surface area (TPSA) is 122 Å². The first kappa shape index (κ1) is 20.5. The van der Waals surface area contributed by atoms with Crippen LogP contribution < -0.4 is 15.8 Å². The lowest BCUT2D eigenvalue weighted by molar-refractivity contribution is -0.134. The van der Waals surface area contributed by atoms with Crippen molar-refractivity contribution in [3.63, 3.8) is 0 Å². The zero-order chi connectivity index (χ0) is 17.5. The highest BCUT2D eigenvalue weighted by atomic mass is 16.5. The number of hydrogen-bond donors (Lipinski definition) is 3. The van der Waals surface area contributed by atoms with Crippen LogP contribution in [0.1, 0.15) is 30.9 Å². The van der Waals surface area contributed by atoms with Gasteiger partial charge in [0.25, 0.3) is 0 Å². The van der Waals surface area contributed by atoms with Gasteiger partial charge in [0.1, 0.15) is 5.75 Å². The van der Waals surface area contributed by atoms with Crippen LogP contribution in [0.25, 0.3) is 0 Å². The summed E-state index contributed by atoms with van der Waals surface area (Å²) in [6, 6.07) is 4.43. The largest absolute Gasteiger partial charge is 0.493 e. The number of carboxylic acid groups (broad SMARTS) is 2. The van der Waals surface area contributed by atoms with Crippen LogP contribution in [0, 0.1) is 0 Å². The van der Waals surface area contributed by atoms with Crippen LogP contribution in [0.15, 0.2) is 24.3 Å². The Morgan fingerprint density at radius 3 is 2.48 bits per heavy atom. The van der Waals surface area contributed by atoms with Crippen molar-refractivity contribution in [2.24, 2.45) is 0 Å². The van der Waals surface area contributed by atoms with Crippen LogP contribution in [0.4, 0.5) is 5.69 Å². The summed E-state index contributed by atoms with van der Waals surface area (Å²) in [6.45, 7) is 5.52.